The van der Waals surface area contributed by atoms with E-state index in [-0.39, 0.29) is 23.5 Å². The molecule has 1 aromatic carbocycles. The molecule has 4 nitrogen and oxygen atoms in total. The molecule has 1 spiro atoms. The molecule has 3 aliphatic rings. The molecular formula is C20H23NO3S. The first-order valence-electron chi connectivity index (χ1n) is 8.74. The smallest absolute Gasteiger partial charge is 0.234 e. The molecule has 2 aliphatic heterocycles. The largest absolute Gasteiger partial charge is 0.298 e. The topological polar surface area (TPSA) is 54.5 Å². The average molecular weight is 357 g/mol. The van der Waals surface area contributed by atoms with E-state index in [1.807, 2.05) is 58.0 Å². The molecular weight excluding hydrogens is 334 g/mol. The summed E-state index contributed by atoms with van der Waals surface area (Å²) in [5.74, 6) is -0.0495. The van der Waals surface area contributed by atoms with Crippen molar-refractivity contribution in [2.45, 2.75) is 39.0 Å². The Hall–Kier alpha value is -1.62. The average Bonchev–Trinajstić information content (AvgIpc) is 3.10. The molecule has 3 fully saturated rings. The summed E-state index contributed by atoms with van der Waals surface area (Å²) in [6, 6.07) is 9.60. The van der Waals surface area contributed by atoms with Crippen LogP contribution in [0.3, 0.4) is 0 Å². The van der Waals surface area contributed by atoms with Crippen LogP contribution in [-0.4, -0.2) is 33.0 Å². The highest BCUT2D eigenvalue weighted by Gasteiger charge is 2.81. The fourth-order valence-electron chi connectivity index (χ4n) is 5.62. The maximum Gasteiger partial charge on any atom is 0.234 e. The predicted octanol–water partition coefficient (Wildman–Crippen LogP) is 2.91. The van der Waals surface area contributed by atoms with Gasteiger partial charge in [-0.2, -0.15) is 11.8 Å². The van der Waals surface area contributed by atoms with Crippen molar-refractivity contribution in [2.75, 3.05) is 5.75 Å². The number of benzene rings is 1. The van der Waals surface area contributed by atoms with Crippen LogP contribution in [0.2, 0.25) is 0 Å². The summed E-state index contributed by atoms with van der Waals surface area (Å²) < 4.78 is -0.486. The van der Waals surface area contributed by atoms with Crippen LogP contribution in [0.15, 0.2) is 30.3 Å². The number of Topliss-reactive ketones (excluding diaryl/α,β-unsaturated/α-hetero) is 1. The molecule has 0 N–H and O–H groups in total. The van der Waals surface area contributed by atoms with Crippen LogP contribution in [0, 0.1) is 22.7 Å². The summed E-state index contributed by atoms with van der Waals surface area (Å²) >= 11 is 1.67. The zero-order chi connectivity index (χ0) is 18.2. The molecule has 132 valence electrons. The van der Waals surface area contributed by atoms with Gasteiger partial charge in [0, 0.05) is 16.6 Å². The maximum absolute atomic E-state index is 13.3. The molecule has 0 unspecified atom stereocenters. The van der Waals surface area contributed by atoms with Gasteiger partial charge >= 0.3 is 0 Å². The summed E-state index contributed by atoms with van der Waals surface area (Å²) in [4.78, 5) is 40.3. The lowest BCUT2D eigenvalue weighted by Crippen LogP contribution is -2.75. The summed E-state index contributed by atoms with van der Waals surface area (Å²) in [6.45, 7) is 8.07. The van der Waals surface area contributed by atoms with Crippen LogP contribution in [0.5, 0.6) is 0 Å². The van der Waals surface area contributed by atoms with E-state index in [9.17, 15) is 14.4 Å². The number of hydrogen-bond donors (Lipinski definition) is 0. The Bertz CT molecular complexity index is 765. The van der Waals surface area contributed by atoms with Crippen molar-refractivity contribution in [1.82, 2.24) is 4.90 Å². The fourth-order valence-corrected chi connectivity index (χ4v) is 7.75. The second-order valence-corrected chi connectivity index (χ2v) is 9.72. The standard InChI is InChI=1S/C20H23NO3S/c1-18(2)17(24)19(3,4)20(18)14-13(11-25-20)15(22)21(16(14)23)10-12-8-6-5-7-9-12/h5-9,13-14H,10-11H2,1-4H3/t13-,14-/m1/s1. The van der Waals surface area contributed by atoms with Crippen molar-refractivity contribution < 1.29 is 14.4 Å². The van der Waals surface area contributed by atoms with Gasteiger partial charge < -0.3 is 0 Å². The van der Waals surface area contributed by atoms with Crippen molar-refractivity contribution in [1.29, 1.82) is 0 Å². The van der Waals surface area contributed by atoms with Crippen LogP contribution in [-0.2, 0) is 20.9 Å². The van der Waals surface area contributed by atoms with Crippen molar-refractivity contribution >= 4 is 29.4 Å². The Labute approximate surface area is 152 Å². The number of fused-ring (bicyclic) bond motifs is 2. The molecule has 5 heteroatoms. The number of amides is 2. The van der Waals surface area contributed by atoms with Gasteiger partial charge in [-0.3, -0.25) is 19.3 Å². The summed E-state index contributed by atoms with van der Waals surface area (Å²) in [6.07, 6.45) is 0. The number of rotatable bonds is 2. The van der Waals surface area contributed by atoms with Gasteiger partial charge in [0.2, 0.25) is 11.8 Å². The van der Waals surface area contributed by atoms with Gasteiger partial charge in [-0.1, -0.05) is 58.0 Å². The van der Waals surface area contributed by atoms with E-state index in [0.717, 1.165) is 5.56 Å². The maximum atomic E-state index is 13.3. The Morgan fingerprint density at radius 3 is 2.20 bits per heavy atom. The quantitative estimate of drug-likeness (QED) is 0.764. The van der Waals surface area contributed by atoms with E-state index in [1.165, 1.54) is 4.90 Å². The third-order valence-corrected chi connectivity index (χ3v) is 8.88. The SMILES string of the molecule is CC1(C)C(=O)C(C)(C)C12SC[C@H]1C(=O)N(Cc3ccccc3)C(=O)[C@@H]12. The van der Waals surface area contributed by atoms with E-state index >= 15 is 0 Å². The lowest BCUT2D eigenvalue weighted by Gasteiger charge is -2.65. The van der Waals surface area contributed by atoms with Gasteiger partial charge in [-0.15, -0.1) is 0 Å². The van der Waals surface area contributed by atoms with E-state index in [2.05, 4.69) is 0 Å². The lowest BCUT2D eigenvalue weighted by atomic mass is 9.42. The number of hydrogen-bond acceptors (Lipinski definition) is 4. The van der Waals surface area contributed by atoms with Gasteiger partial charge in [0.1, 0.15) is 5.78 Å². The van der Waals surface area contributed by atoms with Crippen molar-refractivity contribution in [3.63, 3.8) is 0 Å². The summed E-state index contributed by atoms with van der Waals surface area (Å²) in [7, 11) is 0. The van der Waals surface area contributed by atoms with E-state index in [0.29, 0.717) is 12.3 Å². The Morgan fingerprint density at radius 1 is 1.00 bits per heavy atom. The van der Waals surface area contributed by atoms with Gasteiger partial charge in [0.05, 0.1) is 23.1 Å². The first kappa shape index (κ1) is 16.8. The second-order valence-electron chi connectivity index (χ2n) is 8.46. The van der Waals surface area contributed by atoms with Crippen molar-refractivity contribution in [3.05, 3.63) is 35.9 Å². The zero-order valence-electron chi connectivity index (χ0n) is 15.0. The molecule has 25 heavy (non-hydrogen) atoms. The monoisotopic (exact) mass is 357 g/mol. The minimum atomic E-state index is -0.584. The number of carbonyl (C=O) groups excluding carboxylic acids is 3. The molecule has 2 saturated heterocycles. The van der Waals surface area contributed by atoms with Gasteiger partial charge in [-0.25, -0.2) is 0 Å². The number of imide groups is 1. The number of nitrogens with zero attached hydrogens (tertiary/aromatic N) is 1. The third kappa shape index (κ3) is 1.77. The van der Waals surface area contributed by atoms with Crippen molar-refractivity contribution in [2.24, 2.45) is 22.7 Å². The summed E-state index contributed by atoms with van der Waals surface area (Å²) in [5.41, 5.74) is -0.215. The highest BCUT2D eigenvalue weighted by Crippen LogP contribution is 2.73. The molecule has 1 aromatic rings. The molecule has 0 aromatic heterocycles. The highest BCUT2D eigenvalue weighted by atomic mass is 32.2. The second kappa shape index (κ2) is 4.97. The van der Waals surface area contributed by atoms with E-state index in [1.54, 1.807) is 11.8 Å². The summed E-state index contributed by atoms with van der Waals surface area (Å²) in [5, 5.41) is 0. The molecule has 0 radical (unpaired) electrons. The lowest BCUT2D eigenvalue weighted by molar-refractivity contribution is -0.167. The van der Waals surface area contributed by atoms with Crippen LogP contribution in [0.1, 0.15) is 33.3 Å². The first-order chi connectivity index (χ1) is 11.7. The van der Waals surface area contributed by atoms with Crippen LogP contribution in [0.25, 0.3) is 0 Å². The molecule has 4 rings (SSSR count). The van der Waals surface area contributed by atoms with Crippen molar-refractivity contribution in [3.8, 4) is 0 Å². The number of likely N-dealkylation sites (tertiary alicyclic amines) is 1. The van der Waals surface area contributed by atoms with E-state index < -0.39 is 21.5 Å². The van der Waals surface area contributed by atoms with E-state index in [4.69, 9.17) is 0 Å². The Morgan fingerprint density at radius 2 is 1.60 bits per heavy atom. The number of thioether (sulfide) groups is 1. The minimum absolute atomic E-state index is 0.0748. The number of ketones is 1. The minimum Gasteiger partial charge on any atom is -0.298 e. The molecule has 2 atom stereocenters. The van der Waals surface area contributed by atoms with Gasteiger partial charge in [0.25, 0.3) is 0 Å². The highest BCUT2D eigenvalue weighted by molar-refractivity contribution is 8.01. The fraction of sp³-hybridized carbons (Fsp3) is 0.550. The van der Waals surface area contributed by atoms with Crippen LogP contribution in [0.4, 0.5) is 0 Å². The zero-order valence-corrected chi connectivity index (χ0v) is 15.9. The number of carbonyl (C=O) groups is 3. The van der Waals surface area contributed by atoms with Gasteiger partial charge in [-0.05, 0) is 5.56 Å². The Kier molecular flexibility index (Phi) is 3.34. The molecule has 0 bridgehead atoms. The van der Waals surface area contributed by atoms with Gasteiger partial charge in [0.15, 0.2) is 0 Å². The molecule has 1 saturated carbocycles. The third-order valence-electron chi connectivity index (χ3n) is 6.62. The molecule has 2 heterocycles. The normalized spacial score (nSPS) is 31.4. The predicted molar refractivity (Wildman–Crippen MR) is 96.7 cm³/mol. The van der Waals surface area contributed by atoms with Crippen LogP contribution >= 0.6 is 11.8 Å². The molecule has 1 aliphatic carbocycles. The first-order valence-corrected chi connectivity index (χ1v) is 9.73. The van der Waals surface area contributed by atoms with Crippen LogP contribution < -0.4 is 0 Å². The Balaban J connectivity index is 1.72. The molecule has 2 amide bonds.